The zero-order chi connectivity index (χ0) is 24.9. The molecule has 1 saturated heterocycles. The topological polar surface area (TPSA) is 102 Å². The van der Waals surface area contributed by atoms with Crippen LogP contribution in [0.4, 0.5) is 11.4 Å². The number of ether oxygens (including phenoxy) is 1. The van der Waals surface area contributed by atoms with Gasteiger partial charge in [0.15, 0.2) is 5.82 Å². The van der Waals surface area contributed by atoms with Gasteiger partial charge in [0.05, 0.1) is 24.6 Å². The Morgan fingerprint density at radius 3 is 2.28 bits per heavy atom. The molecule has 5 rings (SSSR count). The number of anilines is 1. The van der Waals surface area contributed by atoms with Gasteiger partial charge in [-0.2, -0.15) is 0 Å². The maximum Gasteiger partial charge on any atom is 0.269 e. The Kier molecular flexibility index (Phi) is 6.85. The number of benzene rings is 3. The van der Waals surface area contributed by atoms with E-state index < -0.39 is 0 Å². The molecule has 0 radical (unpaired) electrons. The van der Waals surface area contributed by atoms with Crippen molar-refractivity contribution in [3.63, 3.8) is 0 Å². The van der Waals surface area contributed by atoms with E-state index >= 15 is 0 Å². The van der Waals surface area contributed by atoms with Crippen molar-refractivity contribution in [3.05, 3.63) is 106 Å². The molecule has 0 N–H and O–H groups in total. The van der Waals surface area contributed by atoms with Gasteiger partial charge in [-0.15, -0.1) is 5.10 Å². The fourth-order valence-electron chi connectivity index (χ4n) is 4.61. The highest BCUT2D eigenvalue weighted by Gasteiger charge is 2.30. The molecule has 1 atom stereocenters. The first-order chi connectivity index (χ1) is 17.6. The van der Waals surface area contributed by atoms with Crippen molar-refractivity contribution < 1.29 is 9.66 Å². The molecule has 0 bridgehead atoms. The van der Waals surface area contributed by atoms with Crippen LogP contribution in [0.3, 0.4) is 0 Å². The second-order valence-electron chi connectivity index (χ2n) is 8.65. The first kappa shape index (κ1) is 23.4. The molecule has 10 heteroatoms. The quantitative estimate of drug-likeness (QED) is 0.276. The van der Waals surface area contributed by atoms with Gasteiger partial charge in [-0.3, -0.25) is 15.0 Å². The van der Waals surface area contributed by atoms with Crippen molar-refractivity contribution in [2.75, 3.05) is 38.2 Å². The summed E-state index contributed by atoms with van der Waals surface area (Å²) in [5, 5.41) is 23.8. The highest BCUT2D eigenvalue weighted by molar-refractivity contribution is 5.51. The summed E-state index contributed by atoms with van der Waals surface area (Å²) in [5.74, 6) is 1.60. The SMILES string of the molecule is COc1ccc(Cn2nnnc2[C@@H](c2ccccc2)N2CCN(c3ccc([N+](=O)[O-])cc3)CC2)cc1. The summed E-state index contributed by atoms with van der Waals surface area (Å²) in [6.45, 7) is 3.73. The van der Waals surface area contributed by atoms with Crippen LogP contribution in [0.5, 0.6) is 5.75 Å². The number of non-ortho nitro benzene ring substituents is 1. The maximum absolute atomic E-state index is 11.0. The Balaban J connectivity index is 1.36. The summed E-state index contributed by atoms with van der Waals surface area (Å²) in [7, 11) is 1.65. The van der Waals surface area contributed by atoms with Gasteiger partial charge in [0.2, 0.25) is 0 Å². The van der Waals surface area contributed by atoms with E-state index in [0.717, 1.165) is 54.6 Å². The Bertz CT molecular complexity index is 1290. The second kappa shape index (κ2) is 10.5. The second-order valence-corrected chi connectivity index (χ2v) is 8.65. The van der Waals surface area contributed by atoms with Gasteiger partial charge in [0, 0.05) is 44.0 Å². The predicted octanol–water partition coefficient (Wildman–Crippen LogP) is 3.55. The molecule has 1 aliphatic heterocycles. The van der Waals surface area contributed by atoms with Gasteiger partial charge < -0.3 is 9.64 Å². The largest absolute Gasteiger partial charge is 0.497 e. The molecule has 0 aliphatic carbocycles. The highest BCUT2D eigenvalue weighted by Crippen LogP contribution is 2.30. The Labute approximate surface area is 208 Å². The van der Waals surface area contributed by atoms with E-state index in [0.29, 0.717) is 6.54 Å². The summed E-state index contributed by atoms with van der Waals surface area (Å²) < 4.78 is 7.14. The molecule has 10 nitrogen and oxygen atoms in total. The molecule has 0 amide bonds. The number of nitrogens with zero attached hydrogens (tertiary/aromatic N) is 7. The molecule has 1 fully saturated rings. The minimum atomic E-state index is -0.373. The Hall–Kier alpha value is -4.31. The van der Waals surface area contributed by atoms with Crippen LogP contribution in [0.1, 0.15) is 23.0 Å². The van der Waals surface area contributed by atoms with Crippen LogP contribution in [-0.2, 0) is 6.54 Å². The molecule has 1 aromatic heterocycles. The third-order valence-electron chi connectivity index (χ3n) is 6.52. The smallest absolute Gasteiger partial charge is 0.269 e. The van der Waals surface area contributed by atoms with Crippen molar-refractivity contribution in [1.29, 1.82) is 0 Å². The monoisotopic (exact) mass is 485 g/mol. The van der Waals surface area contributed by atoms with Crippen LogP contribution in [0.2, 0.25) is 0 Å². The number of piperazine rings is 1. The lowest BCUT2D eigenvalue weighted by atomic mass is 10.0. The highest BCUT2D eigenvalue weighted by atomic mass is 16.6. The molecule has 0 spiro atoms. The number of nitro benzene ring substituents is 1. The number of aromatic nitrogens is 4. The molecule has 0 unspecified atom stereocenters. The van der Waals surface area contributed by atoms with Gasteiger partial charge in [0.25, 0.3) is 5.69 Å². The molecular formula is C26H27N7O3. The van der Waals surface area contributed by atoms with E-state index in [-0.39, 0.29) is 16.7 Å². The predicted molar refractivity (Wildman–Crippen MR) is 135 cm³/mol. The van der Waals surface area contributed by atoms with E-state index in [4.69, 9.17) is 4.74 Å². The van der Waals surface area contributed by atoms with Crippen molar-refractivity contribution in [1.82, 2.24) is 25.1 Å². The van der Waals surface area contributed by atoms with Crippen molar-refractivity contribution in [2.45, 2.75) is 12.6 Å². The molecule has 4 aromatic rings. The maximum atomic E-state index is 11.0. The number of hydrogen-bond acceptors (Lipinski definition) is 8. The first-order valence-corrected chi connectivity index (χ1v) is 11.8. The van der Waals surface area contributed by atoms with E-state index in [9.17, 15) is 10.1 Å². The fourth-order valence-corrected chi connectivity index (χ4v) is 4.61. The van der Waals surface area contributed by atoms with Crippen molar-refractivity contribution in [3.8, 4) is 5.75 Å². The molecule has 3 aromatic carbocycles. The van der Waals surface area contributed by atoms with Crippen LogP contribution in [0.25, 0.3) is 0 Å². The molecule has 1 aliphatic rings. The standard InChI is InChI=1S/C26H27N7O3/c1-36-24-13-7-20(8-14-24)19-32-26(27-28-29-32)25(21-5-3-2-4-6-21)31-17-15-30(16-18-31)22-9-11-23(12-10-22)33(34)35/h2-14,25H,15-19H2,1H3/t25-/m1/s1. The van der Waals surface area contributed by atoms with E-state index in [2.05, 4.69) is 37.5 Å². The molecule has 0 saturated carbocycles. The zero-order valence-corrected chi connectivity index (χ0v) is 20.0. The van der Waals surface area contributed by atoms with E-state index in [1.165, 1.54) is 0 Å². The van der Waals surface area contributed by atoms with Crippen molar-refractivity contribution >= 4 is 11.4 Å². The Morgan fingerprint density at radius 1 is 0.944 bits per heavy atom. The summed E-state index contributed by atoms with van der Waals surface area (Å²) in [4.78, 5) is 15.3. The van der Waals surface area contributed by atoms with Crippen LogP contribution >= 0.6 is 0 Å². The normalized spacial score (nSPS) is 15.0. The van der Waals surface area contributed by atoms with Crippen LogP contribution in [0, 0.1) is 10.1 Å². The number of hydrogen-bond donors (Lipinski definition) is 0. The zero-order valence-electron chi connectivity index (χ0n) is 20.0. The summed E-state index contributed by atoms with van der Waals surface area (Å²) in [6.07, 6.45) is 0. The van der Waals surface area contributed by atoms with Gasteiger partial charge in [-0.1, -0.05) is 42.5 Å². The summed E-state index contributed by atoms with van der Waals surface area (Å²) in [6, 6.07) is 24.9. The minimum Gasteiger partial charge on any atom is -0.497 e. The van der Waals surface area contributed by atoms with Crippen LogP contribution < -0.4 is 9.64 Å². The molecule has 184 valence electrons. The number of nitro groups is 1. The average Bonchev–Trinajstić information content (AvgIpc) is 3.38. The van der Waals surface area contributed by atoms with Gasteiger partial charge >= 0.3 is 0 Å². The lowest BCUT2D eigenvalue weighted by Gasteiger charge is -2.39. The van der Waals surface area contributed by atoms with Gasteiger partial charge in [0.1, 0.15) is 5.75 Å². The summed E-state index contributed by atoms with van der Waals surface area (Å²) in [5.41, 5.74) is 3.30. The minimum absolute atomic E-state index is 0.0986. The van der Waals surface area contributed by atoms with Gasteiger partial charge in [-0.25, -0.2) is 4.68 Å². The fraction of sp³-hybridized carbons (Fsp3) is 0.269. The first-order valence-electron chi connectivity index (χ1n) is 11.8. The average molecular weight is 486 g/mol. The molecule has 36 heavy (non-hydrogen) atoms. The van der Waals surface area contributed by atoms with Crippen LogP contribution in [-0.4, -0.2) is 63.3 Å². The number of rotatable bonds is 8. The third kappa shape index (κ3) is 5.03. The molecular weight excluding hydrogens is 458 g/mol. The Morgan fingerprint density at radius 2 is 1.64 bits per heavy atom. The van der Waals surface area contributed by atoms with Gasteiger partial charge in [-0.05, 0) is 45.8 Å². The number of tetrazole rings is 1. The van der Waals surface area contributed by atoms with Crippen LogP contribution in [0.15, 0.2) is 78.9 Å². The lowest BCUT2D eigenvalue weighted by molar-refractivity contribution is -0.384. The summed E-state index contributed by atoms with van der Waals surface area (Å²) >= 11 is 0. The number of methoxy groups -OCH3 is 1. The van der Waals surface area contributed by atoms with Crippen molar-refractivity contribution in [2.24, 2.45) is 0 Å². The van der Waals surface area contributed by atoms with E-state index in [1.807, 2.05) is 59.3 Å². The molecule has 2 heterocycles. The van der Waals surface area contributed by atoms with E-state index in [1.54, 1.807) is 19.2 Å². The third-order valence-corrected chi connectivity index (χ3v) is 6.52. The lowest BCUT2D eigenvalue weighted by Crippen LogP contribution is -2.48.